The first-order valence-electron chi connectivity index (χ1n) is 11.4. The minimum Gasteiger partial charge on any atom is -0.495 e. The van der Waals surface area contributed by atoms with Crippen LogP contribution in [0.2, 0.25) is 5.02 Å². The van der Waals surface area contributed by atoms with Gasteiger partial charge in [0.1, 0.15) is 16.9 Å². The molecule has 188 valence electrons. The minimum absolute atomic E-state index is 0.0755. The van der Waals surface area contributed by atoms with Crippen molar-refractivity contribution in [2.24, 2.45) is 0 Å². The number of benzene rings is 4. The highest BCUT2D eigenvalue weighted by molar-refractivity contribution is 7.92. The normalized spacial score (nSPS) is 11.5. The second-order valence-corrected chi connectivity index (χ2v) is 10.9. The number of fused-ring (bicyclic) bond motifs is 3. The lowest BCUT2D eigenvalue weighted by molar-refractivity contribution is 0.102. The molecule has 0 fully saturated rings. The Kier molecular flexibility index (Phi) is 6.54. The lowest BCUT2D eigenvalue weighted by Crippen LogP contribution is -2.29. The summed E-state index contributed by atoms with van der Waals surface area (Å²) in [7, 11) is -2.11. The zero-order chi connectivity index (χ0) is 26.2. The van der Waals surface area contributed by atoms with E-state index in [1.807, 2.05) is 36.4 Å². The van der Waals surface area contributed by atoms with Crippen molar-refractivity contribution in [2.45, 2.75) is 6.54 Å². The highest BCUT2D eigenvalue weighted by atomic mass is 35.5. The Morgan fingerprint density at radius 1 is 0.946 bits per heavy atom. The zero-order valence-corrected chi connectivity index (χ0v) is 21.6. The molecule has 0 unspecified atom stereocenters. The Balaban J connectivity index is 1.33. The van der Waals surface area contributed by atoms with Crippen molar-refractivity contribution in [3.8, 4) is 5.75 Å². The van der Waals surface area contributed by atoms with Crippen LogP contribution in [0.15, 0.2) is 89.3 Å². The molecule has 1 heterocycles. The summed E-state index contributed by atoms with van der Waals surface area (Å²) in [5, 5.41) is 5.19. The monoisotopic (exact) mass is 534 g/mol. The molecule has 37 heavy (non-hydrogen) atoms. The van der Waals surface area contributed by atoms with Gasteiger partial charge in [-0.25, -0.2) is 8.42 Å². The van der Waals surface area contributed by atoms with Gasteiger partial charge in [0, 0.05) is 28.1 Å². The first-order valence-corrected chi connectivity index (χ1v) is 13.6. The van der Waals surface area contributed by atoms with Crippen LogP contribution in [0.4, 0.5) is 11.4 Å². The highest BCUT2D eigenvalue weighted by Gasteiger charge is 2.19. The summed E-state index contributed by atoms with van der Waals surface area (Å²) < 4.78 is 37.3. The van der Waals surface area contributed by atoms with Crippen LogP contribution in [0.3, 0.4) is 0 Å². The fourth-order valence-corrected chi connectivity index (χ4v) is 5.28. The third-order valence-electron chi connectivity index (χ3n) is 6.00. The molecule has 7 nitrogen and oxygen atoms in total. The van der Waals surface area contributed by atoms with Gasteiger partial charge in [0.2, 0.25) is 10.0 Å². The van der Waals surface area contributed by atoms with E-state index >= 15 is 0 Å². The number of methoxy groups -OCH3 is 1. The van der Waals surface area contributed by atoms with Gasteiger partial charge >= 0.3 is 0 Å². The van der Waals surface area contributed by atoms with Crippen molar-refractivity contribution in [1.29, 1.82) is 0 Å². The summed E-state index contributed by atoms with van der Waals surface area (Å²) in [6, 6.07) is 24.9. The topological polar surface area (TPSA) is 88.8 Å². The number of sulfonamides is 1. The fourth-order valence-electron chi connectivity index (χ4n) is 4.14. The van der Waals surface area contributed by atoms with E-state index in [1.54, 1.807) is 48.5 Å². The van der Waals surface area contributed by atoms with Crippen LogP contribution >= 0.6 is 11.6 Å². The third kappa shape index (κ3) is 5.12. The van der Waals surface area contributed by atoms with Crippen molar-refractivity contribution >= 4 is 60.8 Å². The average Bonchev–Trinajstić information content (AvgIpc) is 3.24. The van der Waals surface area contributed by atoms with Crippen molar-refractivity contribution in [2.75, 3.05) is 23.0 Å². The first-order chi connectivity index (χ1) is 17.7. The number of amides is 1. The van der Waals surface area contributed by atoms with Gasteiger partial charge in [0.05, 0.1) is 30.6 Å². The van der Waals surface area contributed by atoms with Gasteiger partial charge in [-0.05, 0) is 54.1 Å². The maximum atomic E-state index is 12.9. The van der Waals surface area contributed by atoms with Gasteiger partial charge < -0.3 is 14.5 Å². The molecule has 0 radical (unpaired) electrons. The van der Waals surface area contributed by atoms with Gasteiger partial charge in [0.25, 0.3) is 5.91 Å². The van der Waals surface area contributed by atoms with E-state index in [9.17, 15) is 13.2 Å². The number of ether oxygens (including phenoxy) is 1. The maximum absolute atomic E-state index is 12.9. The largest absolute Gasteiger partial charge is 0.495 e. The molecule has 0 spiro atoms. The molecule has 0 aliphatic rings. The predicted octanol–water partition coefficient (Wildman–Crippen LogP) is 6.47. The molecule has 0 bridgehead atoms. The van der Waals surface area contributed by atoms with Crippen LogP contribution in [0.1, 0.15) is 15.9 Å². The van der Waals surface area contributed by atoms with E-state index in [0.29, 0.717) is 38.9 Å². The number of hydrogen-bond donors (Lipinski definition) is 1. The summed E-state index contributed by atoms with van der Waals surface area (Å²) in [4.78, 5) is 12.9. The molecule has 5 rings (SSSR count). The molecule has 1 N–H and O–H groups in total. The molecule has 4 aromatic carbocycles. The third-order valence-corrected chi connectivity index (χ3v) is 7.44. The summed E-state index contributed by atoms with van der Waals surface area (Å²) in [5.41, 5.74) is 3.64. The van der Waals surface area contributed by atoms with E-state index < -0.39 is 10.0 Å². The van der Waals surface area contributed by atoms with E-state index in [0.717, 1.165) is 22.6 Å². The SMILES string of the molecule is COc1ccc(N(Cc2ccc(C(=O)Nc3ccc4c(c3)oc3ccccc34)cc2)S(C)(=O)=O)cc1Cl. The number of halogens is 1. The molecular formula is C28H23ClN2O5S. The number of para-hydroxylation sites is 1. The highest BCUT2D eigenvalue weighted by Crippen LogP contribution is 2.32. The van der Waals surface area contributed by atoms with Gasteiger partial charge in [-0.3, -0.25) is 9.10 Å². The molecule has 0 aliphatic heterocycles. The Labute approximate surface area is 219 Å². The molecule has 9 heteroatoms. The number of anilines is 2. The van der Waals surface area contributed by atoms with Crippen LogP contribution in [0.5, 0.6) is 5.75 Å². The quantitative estimate of drug-likeness (QED) is 0.258. The number of rotatable bonds is 7. The average molecular weight is 535 g/mol. The Hall–Kier alpha value is -4.01. The maximum Gasteiger partial charge on any atom is 0.255 e. The molecule has 1 aromatic heterocycles. The van der Waals surface area contributed by atoms with Crippen molar-refractivity contribution in [3.63, 3.8) is 0 Å². The van der Waals surface area contributed by atoms with Crippen LogP contribution in [0.25, 0.3) is 21.9 Å². The van der Waals surface area contributed by atoms with Crippen LogP contribution < -0.4 is 14.4 Å². The van der Waals surface area contributed by atoms with Crippen molar-refractivity contribution < 1.29 is 22.4 Å². The van der Waals surface area contributed by atoms with Crippen LogP contribution in [-0.2, 0) is 16.6 Å². The Morgan fingerprint density at radius 3 is 2.38 bits per heavy atom. The van der Waals surface area contributed by atoms with Crippen molar-refractivity contribution in [3.05, 3.63) is 101 Å². The molecular weight excluding hydrogens is 512 g/mol. The van der Waals surface area contributed by atoms with Gasteiger partial charge in [-0.15, -0.1) is 0 Å². The Morgan fingerprint density at radius 2 is 1.68 bits per heavy atom. The lowest BCUT2D eigenvalue weighted by Gasteiger charge is -2.23. The minimum atomic E-state index is -3.60. The Bertz CT molecular complexity index is 1730. The summed E-state index contributed by atoms with van der Waals surface area (Å²) in [6.45, 7) is 0.0755. The molecule has 0 atom stereocenters. The van der Waals surface area contributed by atoms with E-state index in [-0.39, 0.29) is 12.5 Å². The summed E-state index contributed by atoms with van der Waals surface area (Å²) >= 11 is 6.20. The number of hydrogen-bond acceptors (Lipinski definition) is 5. The van der Waals surface area contributed by atoms with Crippen molar-refractivity contribution in [1.82, 2.24) is 0 Å². The second-order valence-electron chi connectivity index (χ2n) is 8.55. The van der Waals surface area contributed by atoms with Gasteiger partial charge in [-0.2, -0.15) is 0 Å². The van der Waals surface area contributed by atoms with E-state index in [2.05, 4.69) is 5.32 Å². The summed E-state index contributed by atoms with van der Waals surface area (Å²) in [6.07, 6.45) is 1.13. The molecule has 1 amide bonds. The zero-order valence-electron chi connectivity index (χ0n) is 20.1. The molecule has 0 saturated heterocycles. The van der Waals surface area contributed by atoms with E-state index in [1.165, 1.54) is 11.4 Å². The fraction of sp³-hybridized carbons (Fsp3) is 0.107. The first kappa shape index (κ1) is 24.7. The second kappa shape index (κ2) is 9.80. The smallest absolute Gasteiger partial charge is 0.255 e. The number of carbonyl (C=O) groups is 1. The number of furan rings is 1. The van der Waals surface area contributed by atoms with Gasteiger partial charge in [-0.1, -0.05) is 41.9 Å². The number of carbonyl (C=O) groups excluding carboxylic acids is 1. The molecule has 0 aliphatic carbocycles. The predicted molar refractivity (Wildman–Crippen MR) is 147 cm³/mol. The molecule has 0 saturated carbocycles. The number of nitrogens with zero attached hydrogens (tertiary/aromatic N) is 1. The molecule has 5 aromatic rings. The number of nitrogens with one attached hydrogen (secondary N) is 1. The lowest BCUT2D eigenvalue weighted by atomic mass is 10.1. The van der Waals surface area contributed by atoms with E-state index in [4.69, 9.17) is 20.8 Å². The van der Waals surface area contributed by atoms with Crippen LogP contribution in [0, 0.1) is 0 Å². The van der Waals surface area contributed by atoms with Gasteiger partial charge in [0.15, 0.2) is 0 Å². The van der Waals surface area contributed by atoms with Crippen LogP contribution in [-0.4, -0.2) is 27.7 Å². The standard InChI is InChI=1S/C28H23ClN2O5S/c1-35-26-14-12-21(16-24(26)29)31(37(2,33)34)17-18-7-9-19(10-8-18)28(32)30-20-11-13-23-22-5-3-4-6-25(22)36-27(23)15-20/h3-16H,17H2,1-2H3,(H,30,32). The summed E-state index contributed by atoms with van der Waals surface area (Å²) in [5.74, 6) is 0.164.